The van der Waals surface area contributed by atoms with Crippen molar-refractivity contribution in [2.75, 3.05) is 11.6 Å². The molecule has 0 atom stereocenters. The quantitative estimate of drug-likeness (QED) is 0.828. The van der Waals surface area contributed by atoms with Crippen molar-refractivity contribution in [2.24, 2.45) is 0 Å². The predicted octanol–water partition coefficient (Wildman–Crippen LogP) is 4.13. The van der Waals surface area contributed by atoms with Crippen molar-refractivity contribution in [3.05, 3.63) is 52.5 Å². The molecule has 2 rings (SSSR count). The fraction of sp³-hybridized carbons (Fsp3) is 0.0714. The molecule has 0 radical (unpaired) electrons. The summed E-state index contributed by atoms with van der Waals surface area (Å²) in [5.41, 5.74) is 1.18. The van der Waals surface area contributed by atoms with E-state index in [2.05, 4.69) is 21.2 Å². The third-order valence-electron chi connectivity index (χ3n) is 2.56. The highest BCUT2D eigenvalue weighted by Gasteiger charge is 2.10. The van der Waals surface area contributed by atoms with E-state index in [4.69, 9.17) is 0 Å². The molecule has 2 aromatic carbocycles. The number of amides is 1. The molecule has 0 aliphatic rings. The van der Waals surface area contributed by atoms with Gasteiger partial charge in [-0.3, -0.25) is 4.79 Å². The Morgan fingerprint density at radius 1 is 1.26 bits per heavy atom. The maximum Gasteiger partial charge on any atom is 0.255 e. The number of carbonyl (C=O) groups is 1. The highest BCUT2D eigenvalue weighted by atomic mass is 79.9. The van der Waals surface area contributed by atoms with Gasteiger partial charge < -0.3 is 10.4 Å². The van der Waals surface area contributed by atoms with E-state index in [0.29, 0.717) is 10.0 Å². The summed E-state index contributed by atoms with van der Waals surface area (Å²) in [6.45, 7) is 0. The summed E-state index contributed by atoms with van der Waals surface area (Å²) in [6.07, 6.45) is 1.95. The lowest BCUT2D eigenvalue weighted by Gasteiger charge is -2.09. The summed E-state index contributed by atoms with van der Waals surface area (Å²) >= 11 is 4.75. The number of carbonyl (C=O) groups excluding carboxylic acids is 1. The lowest BCUT2D eigenvalue weighted by atomic mass is 10.2. The van der Waals surface area contributed by atoms with Crippen LogP contribution in [0.5, 0.6) is 5.75 Å². The van der Waals surface area contributed by atoms with E-state index in [1.165, 1.54) is 6.07 Å². The molecule has 19 heavy (non-hydrogen) atoms. The van der Waals surface area contributed by atoms with Crippen LogP contribution < -0.4 is 5.32 Å². The molecule has 0 saturated heterocycles. The first-order valence-corrected chi connectivity index (χ1v) is 7.56. The number of rotatable bonds is 3. The standard InChI is InChI=1S/C14H12BrNO2S/c1-19-13-5-3-2-4-11(13)16-14(18)9-6-7-10(15)12(17)8-9/h2-8,17H,1H3,(H,16,18). The zero-order valence-corrected chi connectivity index (χ0v) is 12.6. The van der Waals surface area contributed by atoms with Crippen molar-refractivity contribution >= 4 is 39.3 Å². The second-order valence-corrected chi connectivity index (χ2v) is 5.52. The average Bonchev–Trinajstić information content (AvgIpc) is 2.42. The topological polar surface area (TPSA) is 49.3 Å². The Hall–Kier alpha value is -1.46. The first kappa shape index (κ1) is 14.0. The van der Waals surface area contributed by atoms with Crippen molar-refractivity contribution < 1.29 is 9.90 Å². The Morgan fingerprint density at radius 3 is 2.68 bits per heavy atom. The number of anilines is 1. The van der Waals surface area contributed by atoms with E-state index in [1.54, 1.807) is 23.9 Å². The Kier molecular flexibility index (Phi) is 4.50. The Morgan fingerprint density at radius 2 is 2.00 bits per heavy atom. The number of phenols is 1. The molecule has 1 amide bonds. The van der Waals surface area contributed by atoms with Gasteiger partial charge in [0.1, 0.15) is 5.75 Å². The number of para-hydroxylation sites is 1. The van der Waals surface area contributed by atoms with Gasteiger partial charge in [-0.05, 0) is 52.5 Å². The number of benzene rings is 2. The van der Waals surface area contributed by atoms with Gasteiger partial charge in [-0.1, -0.05) is 12.1 Å². The molecule has 0 spiro atoms. The molecule has 0 saturated carbocycles. The molecule has 5 heteroatoms. The first-order valence-electron chi connectivity index (χ1n) is 5.54. The molecule has 0 fully saturated rings. The van der Waals surface area contributed by atoms with E-state index < -0.39 is 0 Å². The maximum absolute atomic E-state index is 12.1. The second kappa shape index (κ2) is 6.12. The third kappa shape index (κ3) is 3.30. The van der Waals surface area contributed by atoms with Crippen molar-refractivity contribution in [2.45, 2.75) is 4.90 Å². The zero-order valence-electron chi connectivity index (χ0n) is 10.2. The van der Waals surface area contributed by atoms with Crippen LogP contribution in [-0.4, -0.2) is 17.3 Å². The minimum Gasteiger partial charge on any atom is -0.507 e. The van der Waals surface area contributed by atoms with Crippen LogP contribution >= 0.6 is 27.7 Å². The number of nitrogens with one attached hydrogen (secondary N) is 1. The summed E-state index contributed by atoms with van der Waals surface area (Å²) in [5.74, 6) is -0.199. The molecule has 0 aliphatic carbocycles. The summed E-state index contributed by atoms with van der Waals surface area (Å²) in [4.78, 5) is 13.1. The predicted molar refractivity (Wildman–Crippen MR) is 82.0 cm³/mol. The smallest absolute Gasteiger partial charge is 0.255 e. The Labute approximate surface area is 124 Å². The molecule has 3 nitrogen and oxygen atoms in total. The Bertz CT molecular complexity index is 616. The summed E-state index contributed by atoms with van der Waals surface area (Å²) in [7, 11) is 0. The van der Waals surface area contributed by atoms with Gasteiger partial charge in [-0.15, -0.1) is 11.8 Å². The van der Waals surface area contributed by atoms with E-state index in [0.717, 1.165) is 10.6 Å². The summed E-state index contributed by atoms with van der Waals surface area (Å²) in [6, 6.07) is 12.3. The number of phenolic OH excluding ortho intramolecular Hbond substituents is 1. The largest absolute Gasteiger partial charge is 0.507 e. The maximum atomic E-state index is 12.1. The normalized spacial score (nSPS) is 10.2. The first-order chi connectivity index (χ1) is 9.11. The molecule has 0 aliphatic heterocycles. The van der Waals surface area contributed by atoms with Gasteiger partial charge in [0, 0.05) is 10.5 Å². The van der Waals surface area contributed by atoms with Gasteiger partial charge in [0.25, 0.3) is 5.91 Å². The molecular formula is C14H12BrNO2S. The second-order valence-electron chi connectivity index (χ2n) is 3.82. The minimum absolute atomic E-state index is 0.0470. The monoisotopic (exact) mass is 337 g/mol. The van der Waals surface area contributed by atoms with Gasteiger partial charge in [0.05, 0.1) is 10.2 Å². The Balaban J connectivity index is 2.23. The van der Waals surface area contributed by atoms with E-state index in [1.807, 2.05) is 30.5 Å². The number of thioether (sulfide) groups is 1. The molecular weight excluding hydrogens is 326 g/mol. The van der Waals surface area contributed by atoms with Crippen LogP contribution in [0, 0.1) is 0 Å². The van der Waals surface area contributed by atoms with Crippen LogP contribution in [0.15, 0.2) is 51.8 Å². The molecule has 2 aromatic rings. The van der Waals surface area contributed by atoms with E-state index >= 15 is 0 Å². The van der Waals surface area contributed by atoms with Crippen LogP contribution in [0.2, 0.25) is 0 Å². The van der Waals surface area contributed by atoms with E-state index in [9.17, 15) is 9.90 Å². The SMILES string of the molecule is CSc1ccccc1NC(=O)c1ccc(Br)c(O)c1. The van der Waals surface area contributed by atoms with E-state index in [-0.39, 0.29) is 11.7 Å². The minimum atomic E-state index is -0.246. The van der Waals surface area contributed by atoms with Crippen LogP contribution in [0.25, 0.3) is 0 Å². The highest BCUT2D eigenvalue weighted by Crippen LogP contribution is 2.27. The van der Waals surface area contributed by atoms with Crippen molar-refractivity contribution in [3.8, 4) is 5.75 Å². The van der Waals surface area contributed by atoms with Gasteiger partial charge in [0.2, 0.25) is 0 Å². The lowest BCUT2D eigenvalue weighted by molar-refractivity contribution is 0.102. The van der Waals surface area contributed by atoms with Crippen LogP contribution in [0.1, 0.15) is 10.4 Å². The fourth-order valence-corrected chi connectivity index (χ4v) is 2.40. The number of hydrogen-bond donors (Lipinski definition) is 2. The summed E-state index contributed by atoms with van der Waals surface area (Å²) in [5, 5.41) is 12.4. The zero-order chi connectivity index (χ0) is 13.8. The highest BCUT2D eigenvalue weighted by molar-refractivity contribution is 9.10. The summed E-state index contributed by atoms with van der Waals surface area (Å²) < 4.78 is 0.563. The van der Waals surface area contributed by atoms with Crippen LogP contribution in [0.4, 0.5) is 5.69 Å². The van der Waals surface area contributed by atoms with Gasteiger partial charge in [-0.2, -0.15) is 0 Å². The molecule has 0 unspecified atom stereocenters. The number of hydrogen-bond acceptors (Lipinski definition) is 3. The molecule has 2 N–H and O–H groups in total. The van der Waals surface area contributed by atoms with Crippen molar-refractivity contribution in [1.82, 2.24) is 0 Å². The number of aromatic hydroxyl groups is 1. The van der Waals surface area contributed by atoms with Gasteiger partial charge in [0.15, 0.2) is 0 Å². The fourth-order valence-electron chi connectivity index (χ4n) is 1.60. The van der Waals surface area contributed by atoms with Gasteiger partial charge in [-0.25, -0.2) is 0 Å². The third-order valence-corrected chi connectivity index (χ3v) is 4.03. The number of halogens is 1. The average molecular weight is 338 g/mol. The molecule has 98 valence electrons. The van der Waals surface area contributed by atoms with Crippen molar-refractivity contribution in [3.63, 3.8) is 0 Å². The van der Waals surface area contributed by atoms with Crippen LogP contribution in [-0.2, 0) is 0 Å². The van der Waals surface area contributed by atoms with Crippen molar-refractivity contribution in [1.29, 1.82) is 0 Å². The van der Waals surface area contributed by atoms with Gasteiger partial charge >= 0.3 is 0 Å². The van der Waals surface area contributed by atoms with Crippen LogP contribution in [0.3, 0.4) is 0 Å². The molecule has 0 aromatic heterocycles. The molecule has 0 bridgehead atoms. The lowest BCUT2D eigenvalue weighted by Crippen LogP contribution is -2.12. The molecule has 0 heterocycles.